The molecule has 2 N–H and O–H groups in total. The van der Waals surface area contributed by atoms with Crippen molar-refractivity contribution >= 4 is 6.03 Å². The van der Waals surface area contributed by atoms with Crippen molar-refractivity contribution in [1.29, 1.82) is 0 Å². The summed E-state index contributed by atoms with van der Waals surface area (Å²) in [5, 5.41) is 0. The number of nitrogens with zero attached hydrogens (tertiary/aromatic N) is 2. The maximum Gasteiger partial charge on any atom is 0.315 e. The molecule has 2 saturated heterocycles. The van der Waals surface area contributed by atoms with Gasteiger partial charge in [0.05, 0.1) is 31.5 Å². The van der Waals surface area contributed by atoms with Crippen molar-refractivity contribution in [3.05, 3.63) is 30.1 Å². The maximum atomic E-state index is 11.3. The van der Waals surface area contributed by atoms with Gasteiger partial charge < -0.3 is 20.1 Å². The molecule has 2 aliphatic heterocycles. The van der Waals surface area contributed by atoms with Gasteiger partial charge in [-0.15, -0.1) is 0 Å². The van der Waals surface area contributed by atoms with Gasteiger partial charge in [-0.3, -0.25) is 4.98 Å². The number of nitrogens with two attached hydrogens (primary N) is 1. The summed E-state index contributed by atoms with van der Waals surface area (Å²) in [6.07, 6.45) is 6.46. The largest absolute Gasteiger partial charge is 0.374 e. The average Bonchev–Trinajstić information content (AvgIpc) is 2.91. The van der Waals surface area contributed by atoms with Gasteiger partial charge in [0, 0.05) is 18.9 Å². The van der Waals surface area contributed by atoms with Crippen LogP contribution in [-0.2, 0) is 16.1 Å². The standard InChI is InChI=1S/C15H21N3O3/c16-15(19)18-8-5-14-13(18)2-1-12(21-14)10-20-9-11-3-6-17-7-4-11/h3-4,6-7,12-14H,1-2,5,8-10H2,(H2,16,19)/t12-,13-,14-/m0/s1. The number of amides is 2. The van der Waals surface area contributed by atoms with Crippen LogP contribution < -0.4 is 5.73 Å². The van der Waals surface area contributed by atoms with Crippen molar-refractivity contribution in [2.24, 2.45) is 5.73 Å². The zero-order valence-electron chi connectivity index (χ0n) is 12.0. The summed E-state index contributed by atoms with van der Waals surface area (Å²) >= 11 is 0. The second kappa shape index (κ2) is 6.41. The second-order valence-corrected chi connectivity index (χ2v) is 5.63. The highest BCUT2D eigenvalue weighted by atomic mass is 16.5. The van der Waals surface area contributed by atoms with E-state index in [-0.39, 0.29) is 24.3 Å². The molecule has 0 aliphatic carbocycles. The Bertz CT molecular complexity index is 482. The summed E-state index contributed by atoms with van der Waals surface area (Å²) in [4.78, 5) is 17.0. The first kappa shape index (κ1) is 14.3. The van der Waals surface area contributed by atoms with E-state index in [2.05, 4.69) is 4.98 Å². The molecule has 2 amide bonds. The Morgan fingerprint density at radius 3 is 2.95 bits per heavy atom. The van der Waals surface area contributed by atoms with Crippen molar-refractivity contribution in [3.8, 4) is 0 Å². The first-order valence-corrected chi connectivity index (χ1v) is 7.42. The summed E-state index contributed by atoms with van der Waals surface area (Å²) in [5.74, 6) is 0. The van der Waals surface area contributed by atoms with E-state index in [1.807, 2.05) is 12.1 Å². The minimum atomic E-state index is -0.335. The van der Waals surface area contributed by atoms with Gasteiger partial charge in [0.1, 0.15) is 0 Å². The molecule has 21 heavy (non-hydrogen) atoms. The lowest BCUT2D eigenvalue weighted by Gasteiger charge is -2.35. The molecule has 2 fully saturated rings. The van der Waals surface area contributed by atoms with Crippen LogP contribution in [0.15, 0.2) is 24.5 Å². The van der Waals surface area contributed by atoms with Gasteiger partial charge in [0.2, 0.25) is 0 Å². The SMILES string of the molecule is NC(=O)N1CC[C@@H]2O[C@H](COCc3ccncc3)CC[C@@H]21. The maximum absolute atomic E-state index is 11.3. The summed E-state index contributed by atoms with van der Waals surface area (Å²) in [6, 6.07) is 3.70. The Hall–Kier alpha value is -1.66. The molecular formula is C15H21N3O3. The number of hydrogen-bond acceptors (Lipinski definition) is 4. The predicted molar refractivity (Wildman–Crippen MR) is 76.5 cm³/mol. The highest BCUT2D eigenvalue weighted by Crippen LogP contribution is 2.31. The van der Waals surface area contributed by atoms with Crippen molar-refractivity contribution < 1.29 is 14.3 Å². The van der Waals surface area contributed by atoms with Crippen LogP contribution in [0.4, 0.5) is 4.79 Å². The molecule has 3 heterocycles. The number of hydrogen-bond donors (Lipinski definition) is 1. The quantitative estimate of drug-likeness (QED) is 0.907. The Kier molecular flexibility index (Phi) is 4.36. The molecule has 0 aromatic carbocycles. The predicted octanol–water partition coefficient (Wildman–Crippen LogP) is 1.30. The number of ether oxygens (including phenoxy) is 2. The third-order valence-electron chi connectivity index (χ3n) is 4.24. The third-order valence-corrected chi connectivity index (χ3v) is 4.24. The highest BCUT2D eigenvalue weighted by molar-refractivity contribution is 5.72. The molecule has 114 valence electrons. The number of carbonyl (C=O) groups excluding carboxylic acids is 1. The molecule has 6 nitrogen and oxygen atoms in total. The number of rotatable bonds is 4. The van der Waals surface area contributed by atoms with Gasteiger partial charge in [-0.1, -0.05) is 0 Å². The minimum Gasteiger partial charge on any atom is -0.374 e. The zero-order chi connectivity index (χ0) is 14.7. The van der Waals surface area contributed by atoms with Crippen molar-refractivity contribution in [2.75, 3.05) is 13.2 Å². The average molecular weight is 291 g/mol. The van der Waals surface area contributed by atoms with Crippen LogP contribution in [0.2, 0.25) is 0 Å². The van der Waals surface area contributed by atoms with E-state index in [4.69, 9.17) is 15.2 Å². The summed E-state index contributed by atoms with van der Waals surface area (Å²) < 4.78 is 11.8. The number of pyridine rings is 1. The first-order chi connectivity index (χ1) is 10.2. The molecule has 1 aromatic heterocycles. The number of aromatic nitrogens is 1. The van der Waals surface area contributed by atoms with Crippen LogP contribution in [0.3, 0.4) is 0 Å². The number of primary amides is 1. The highest BCUT2D eigenvalue weighted by Gasteiger charge is 2.41. The fraction of sp³-hybridized carbons (Fsp3) is 0.600. The molecule has 0 radical (unpaired) electrons. The molecule has 1 aromatic rings. The van der Waals surface area contributed by atoms with Gasteiger partial charge in [-0.2, -0.15) is 0 Å². The lowest BCUT2D eigenvalue weighted by atomic mass is 9.99. The van der Waals surface area contributed by atoms with Crippen LogP contribution in [-0.4, -0.2) is 47.3 Å². The van der Waals surface area contributed by atoms with E-state index in [0.29, 0.717) is 19.8 Å². The summed E-state index contributed by atoms with van der Waals surface area (Å²) in [5.41, 5.74) is 6.50. The number of fused-ring (bicyclic) bond motifs is 1. The summed E-state index contributed by atoms with van der Waals surface area (Å²) in [7, 11) is 0. The Balaban J connectivity index is 1.44. The first-order valence-electron chi connectivity index (χ1n) is 7.42. The molecule has 3 rings (SSSR count). The van der Waals surface area contributed by atoms with Gasteiger partial charge >= 0.3 is 6.03 Å². The van der Waals surface area contributed by atoms with Gasteiger partial charge in [0.25, 0.3) is 0 Å². The monoisotopic (exact) mass is 291 g/mol. The van der Waals surface area contributed by atoms with Crippen LogP contribution >= 0.6 is 0 Å². The molecular weight excluding hydrogens is 270 g/mol. The molecule has 6 heteroatoms. The number of likely N-dealkylation sites (tertiary alicyclic amines) is 1. The lowest BCUT2D eigenvalue weighted by molar-refractivity contribution is -0.0980. The van der Waals surface area contributed by atoms with Crippen molar-refractivity contribution in [1.82, 2.24) is 9.88 Å². The topological polar surface area (TPSA) is 77.7 Å². The summed E-state index contributed by atoms with van der Waals surface area (Å²) in [6.45, 7) is 1.86. The molecule has 3 atom stereocenters. The van der Waals surface area contributed by atoms with Gasteiger partial charge in [0.15, 0.2) is 0 Å². The molecule has 0 unspecified atom stereocenters. The van der Waals surface area contributed by atoms with Crippen LogP contribution in [0.25, 0.3) is 0 Å². The van der Waals surface area contributed by atoms with Crippen molar-refractivity contribution in [3.63, 3.8) is 0 Å². The van der Waals surface area contributed by atoms with E-state index >= 15 is 0 Å². The van der Waals surface area contributed by atoms with E-state index in [1.165, 1.54) is 0 Å². The van der Waals surface area contributed by atoms with E-state index in [9.17, 15) is 4.79 Å². The molecule has 2 aliphatic rings. The smallest absolute Gasteiger partial charge is 0.315 e. The fourth-order valence-electron chi connectivity index (χ4n) is 3.18. The molecule has 0 saturated carbocycles. The Morgan fingerprint density at radius 1 is 1.38 bits per heavy atom. The number of urea groups is 1. The second-order valence-electron chi connectivity index (χ2n) is 5.63. The van der Waals surface area contributed by atoms with Crippen LogP contribution in [0, 0.1) is 0 Å². The third kappa shape index (κ3) is 3.33. The zero-order valence-corrected chi connectivity index (χ0v) is 12.0. The lowest BCUT2D eigenvalue weighted by Crippen LogP contribution is -2.47. The number of carbonyl (C=O) groups is 1. The molecule has 0 bridgehead atoms. The van der Waals surface area contributed by atoms with Crippen molar-refractivity contribution in [2.45, 2.75) is 44.1 Å². The fourth-order valence-corrected chi connectivity index (χ4v) is 3.18. The van der Waals surface area contributed by atoms with Gasteiger partial charge in [-0.05, 0) is 37.0 Å². The minimum absolute atomic E-state index is 0.112. The van der Waals surface area contributed by atoms with E-state index in [1.54, 1.807) is 17.3 Å². The Labute approximate surface area is 124 Å². The van der Waals surface area contributed by atoms with Gasteiger partial charge in [-0.25, -0.2) is 4.79 Å². The normalized spacial score (nSPS) is 28.4. The van der Waals surface area contributed by atoms with Crippen LogP contribution in [0.1, 0.15) is 24.8 Å². The van der Waals surface area contributed by atoms with E-state index < -0.39 is 0 Å². The van der Waals surface area contributed by atoms with E-state index in [0.717, 1.165) is 24.8 Å². The molecule has 0 spiro atoms. The Morgan fingerprint density at radius 2 is 2.19 bits per heavy atom. The van der Waals surface area contributed by atoms with Crippen LogP contribution in [0.5, 0.6) is 0 Å².